The summed E-state index contributed by atoms with van der Waals surface area (Å²) in [5, 5.41) is 16.0. The number of nitrogens with zero attached hydrogens (tertiary/aromatic N) is 1. The lowest BCUT2D eigenvalue weighted by Gasteiger charge is -2.08. The Balaban J connectivity index is 2.01. The highest BCUT2D eigenvalue weighted by Crippen LogP contribution is 2.21. The number of benzene rings is 2. The standard InChI is InChI=1S/C17H16ClN3O2S/c1-2-16(23)21-17(24)20-14-6-4-13(5-7-14)19-10-11-9-12(18)3-8-15(11)22/h3-10,22H,2H2,1H3,(H2,20,21,23,24). The van der Waals surface area contributed by atoms with E-state index in [9.17, 15) is 9.90 Å². The van der Waals surface area contributed by atoms with Crippen LogP contribution in [0.5, 0.6) is 5.75 Å². The first-order valence-electron chi connectivity index (χ1n) is 7.21. The second-order valence-corrected chi connectivity index (χ2v) is 5.71. The Morgan fingerprint density at radius 1 is 1.29 bits per heavy atom. The summed E-state index contributed by atoms with van der Waals surface area (Å²) < 4.78 is 0. The van der Waals surface area contributed by atoms with Crippen molar-refractivity contribution in [3.05, 3.63) is 53.1 Å². The molecule has 3 N–H and O–H groups in total. The van der Waals surface area contributed by atoms with Crippen molar-refractivity contribution in [2.75, 3.05) is 5.32 Å². The summed E-state index contributed by atoms with van der Waals surface area (Å²) in [7, 11) is 0. The van der Waals surface area contributed by atoms with Crippen molar-refractivity contribution in [3.8, 4) is 5.75 Å². The number of rotatable bonds is 4. The molecule has 0 saturated carbocycles. The minimum atomic E-state index is -0.143. The quantitative estimate of drug-likeness (QED) is 0.568. The molecule has 24 heavy (non-hydrogen) atoms. The van der Waals surface area contributed by atoms with Gasteiger partial charge in [-0.25, -0.2) is 0 Å². The second-order valence-electron chi connectivity index (χ2n) is 4.86. The van der Waals surface area contributed by atoms with E-state index in [1.54, 1.807) is 43.3 Å². The first-order chi connectivity index (χ1) is 11.5. The fourth-order valence-electron chi connectivity index (χ4n) is 1.78. The lowest BCUT2D eigenvalue weighted by atomic mass is 10.2. The third-order valence-electron chi connectivity index (χ3n) is 3.04. The van der Waals surface area contributed by atoms with E-state index in [0.29, 0.717) is 22.7 Å². The fourth-order valence-corrected chi connectivity index (χ4v) is 2.19. The first-order valence-corrected chi connectivity index (χ1v) is 8.00. The summed E-state index contributed by atoms with van der Waals surface area (Å²) >= 11 is 10.9. The third-order valence-corrected chi connectivity index (χ3v) is 3.48. The summed E-state index contributed by atoms with van der Waals surface area (Å²) in [5.41, 5.74) is 1.97. The lowest BCUT2D eigenvalue weighted by molar-refractivity contribution is -0.119. The van der Waals surface area contributed by atoms with Gasteiger partial charge in [0.1, 0.15) is 5.75 Å². The van der Waals surface area contributed by atoms with Crippen molar-refractivity contribution in [1.29, 1.82) is 0 Å². The number of aliphatic imine (C=N–C) groups is 1. The molecule has 0 radical (unpaired) electrons. The van der Waals surface area contributed by atoms with E-state index in [-0.39, 0.29) is 16.8 Å². The zero-order valence-electron chi connectivity index (χ0n) is 12.9. The van der Waals surface area contributed by atoms with E-state index < -0.39 is 0 Å². The number of phenolic OH excluding ortho intramolecular Hbond substituents is 1. The monoisotopic (exact) mass is 361 g/mol. The fraction of sp³-hybridized carbons (Fsp3) is 0.118. The van der Waals surface area contributed by atoms with Crippen molar-refractivity contribution in [3.63, 3.8) is 0 Å². The Bertz CT molecular complexity index is 776. The van der Waals surface area contributed by atoms with Crippen LogP contribution in [0.4, 0.5) is 11.4 Å². The van der Waals surface area contributed by atoms with Crippen LogP contribution >= 0.6 is 23.8 Å². The normalized spacial score (nSPS) is 10.6. The van der Waals surface area contributed by atoms with Crippen LogP contribution in [0.15, 0.2) is 47.5 Å². The SMILES string of the molecule is CCC(=O)NC(=S)Nc1ccc(N=Cc2cc(Cl)ccc2O)cc1. The average molecular weight is 362 g/mol. The number of hydrogen-bond donors (Lipinski definition) is 3. The Hall–Kier alpha value is -2.44. The number of thiocarbonyl (C=S) groups is 1. The number of nitrogens with one attached hydrogen (secondary N) is 2. The summed E-state index contributed by atoms with van der Waals surface area (Å²) in [6, 6.07) is 11.9. The van der Waals surface area contributed by atoms with Crippen LogP contribution in [0.2, 0.25) is 5.02 Å². The maximum absolute atomic E-state index is 11.3. The molecule has 0 heterocycles. The van der Waals surface area contributed by atoms with Crippen molar-refractivity contribution in [2.24, 2.45) is 4.99 Å². The van der Waals surface area contributed by atoms with Gasteiger partial charge in [0, 0.05) is 28.9 Å². The number of carbonyl (C=O) groups is 1. The summed E-state index contributed by atoms with van der Waals surface area (Å²) in [5.74, 6) is -0.0338. The second kappa shape index (κ2) is 8.42. The number of anilines is 1. The molecule has 0 spiro atoms. The van der Waals surface area contributed by atoms with Gasteiger partial charge in [-0.1, -0.05) is 18.5 Å². The van der Waals surface area contributed by atoms with Crippen molar-refractivity contribution < 1.29 is 9.90 Å². The van der Waals surface area contributed by atoms with Gasteiger partial charge >= 0.3 is 0 Å². The van der Waals surface area contributed by atoms with Gasteiger partial charge in [0.15, 0.2) is 5.11 Å². The Labute approximate surface area is 150 Å². The summed E-state index contributed by atoms with van der Waals surface area (Å²) in [4.78, 5) is 15.5. The minimum absolute atomic E-state index is 0.110. The smallest absolute Gasteiger partial charge is 0.225 e. The van der Waals surface area contributed by atoms with Gasteiger partial charge < -0.3 is 15.7 Å². The molecule has 0 unspecified atom stereocenters. The van der Waals surface area contributed by atoms with Crippen LogP contribution in [0.3, 0.4) is 0 Å². The van der Waals surface area contributed by atoms with E-state index in [2.05, 4.69) is 15.6 Å². The predicted octanol–water partition coefficient (Wildman–Crippen LogP) is 4.02. The molecule has 2 rings (SSSR count). The predicted molar refractivity (Wildman–Crippen MR) is 101 cm³/mol. The molecular formula is C17H16ClN3O2S. The Kier molecular flexibility index (Phi) is 6.28. The van der Waals surface area contributed by atoms with Gasteiger partial charge in [-0.15, -0.1) is 0 Å². The summed E-state index contributed by atoms with van der Waals surface area (Å²) in [6.07, 6.45) is 1.90. The highest BCUT2D eigenvalue weighted by Gasteiger charge is 2.02. The van der Waals surface area contributed by atoms with Crippen LogP contribution < -0.4 is 10.6 Å². The molecule has 1 amide bonds. The number of amides is 1. The Morgan fingerprint density at radius 2 is 2.00 bits per heavy atom. The molecule has 0 aliphatic rings. The molecule has 0 fully saturated rings. The molecule has 7 heteroatoms. The molecule has 2 aromatic rings. The van der Waals surface area contributed by atoms with Gasteiger partial charge in [0.25, 0.3) is 0 Å². The molecule has 0 aliphatic carbocycles. The van der Waals surface area contributed by atoms with Gasteiger partial charge in [-0.05, 0) is 54.7 Å². The zero-order valence-corrected chi connectivity index (χ0v) is 14.5. The van der Waals surface area contributed by atoms with Gasteiger partial charge in [-0.3, -0.25) is 9.79 Å². The van der Waals surface area contributed by atoms with Crippen molar-refractivity contribution >= 4 is 52.4 Å². The molecule has 0 aromatic heterocycles. The maximum atomic E-state index is 11.3. The van der Waals surface area contributed by atoms with Crippen molar-refractivity contribution in [1.82, 2.24) is 5.32 Å². The highest BCUT2D eigenvalue weighted by molar-refractivity contribution is 7.80. The molecule has 0 saturated heterocycles. The van der Waals surface area contributed by atoms with Crippen LogP contribution in [0, 0.1) is 0 Å². The molecule has 124 valence electrons. The lowest BCUT2D eigenvalue weighted by Crippen LogP contribution is -2.33. The zero-order chi connectivity index (χ0) is 17.5. The van der Waals surface area contributed by atoms with Gasteiger partial charge in [0.2, 0.25) is 5.91 Å². The largest absolute Gasteiger partial charge is 0.507 e. The Morgan fingerprint density at radius 3 is 2.67 bits per heavy atom. The molecule has 2 aromatic carbocycles. The van der Waals surface area contributed by atoms with Crippen molar-refractivity contribution in [2.45, 2.75) is 13.3 Å². The molecular weight excluding hydrogens is 346 g/mol. The number of hydrogen-bond acceptors (Lipinski definition) is 4. The van der Waals surface area contributed by atoms with E-state index >= 15 is 0 Å². The van der Waals surface area contributed by atoms with Crippen LogP contribution in [-0.2, 0) is 4.79 Å². The van der Waals surface area contributed by atoms with E-state index in [1.807, 2.05) is 0 Å². The first kappa shape index (κ1) is 17.9. The molecule has 0 bridgehead atoms. The number of phenols is 1. The van der Waals surface area contributed by atoms with E-state index in [4.69, 9.17) is 23.8 Å². The van der Waals surface area contributed by atoms with Gasteiger partial charge in [0.05, 0.1) is 5.69 Å². The summed E-state index contributed by atoms with van der Waals surface area (Å²) in [6.45, 7) is 1.75. The van der Waals surface area contributed by atoms with E-state index in [1.165, 1.54) is 12.3 Å². The van der Waals surface area contributed by atoms with E-state index in [0.717, 1.165) is 5.69 Å². The van der Waals surface area contributed by atoms with Crippen LogP contribution in [0.1, 0.15) is 18.9 Å². The third kappa shape index (κ3) is 5.33. The number of carbonyl (C=O) groups excluding carboxylic acids is 1. The topological polar surface area (TPSA) is 73.7 Å². The molecule has 0 aliphatic heterocycles. The minimum Gasteiger partial charge on any atom is -0.507 e. The highest BCUT2D eigenvalue weighted by atomic mass is 35.5. The molecule has 5 nitrogen and oxygen atoms in total. The van der Waals surface area contributed by atoms with Crippen LogP contribution in [-0.4, -0.2) is 22.3 Å². The van der Waals surface area contributed by atoms with Crippen LogP contribution in [0.25, 0.3) is 0 Å². The van der Waals surface area contributed by atoms with Gasteiger partial charge in [-0.2, -0.15) is 0 Å². The average Bonchev–Trinajstić information content (AvgIpc) is 2.56. The maximum Gasteiger partial charge on any atom is 0.225 e. The number of halogens is 1. The molecule has 0 atom stereocenters. The number of aromatic hydroxyl groups is 1.